The van der Waals surface area contributed by atoms with E-state index in [2.05, 4.69) is 5.32 Å². The zero-order chi connectivity index (χ0) is 19.7. The van der Waals surface area contributed by atoms with Gasteiger partial charge in [-0.2, -0.15) is 0 Å². The molecule has 3 rings (SSSR count). The van der Waals surface area contributed by atoms with E-state index in [0.717, 1.165) is 5.56 Å². The maximum atomic E-state index is 12.9. The molecule has 1 saturated heterocycles. The number of thiocarbonyl (C=S) groups is 1. The first kappa shape index (κ1) is 19.4. The van der Waals surface area contributed by atoms with Gasteiger partial charge in [-0.1, -0.05) is 40.9 Å². The molecule has 0 spiro atoms. The summed E-state index contributed by atoms with van der Waals surface area (Å²) in [6, 6.07) is 10.3. The van der Waals surface area contributed by atoms with Crippen LogP contribution in [-0.2, 0) is 9.59 Å². The van der Waals surface area contributed by atoms with Crippen molar-refractivity contribution in [3.63, 3.8) is 0 Å². The first-order valence-corrected chi connectivity index (χ1v) is 8.99. The number of anilines is 1. The van der Waals surface area contributed by atoms with Crippen molar-refractivity contribution in [2.75, 3.05) is 12.0 Å². The zero-order valence-corrected chi connectivity index (χ0v) is 16.7. The van der Waals surface area contributed by atoms with Crippen molar-refractivity contribution < 1.29 is 14.3 Å². The summed E-state index contributed by atoms with van der Waals surface area (Å²) in [4.78, 5) is 26.6. The monoisotopic (exact) mass is 420 g/mol. The Morgan fingerprint density at radius 2 is 1.70 bits per heavy atom. The molecule has 1 fully saturated rings. The molecule has 0 radical (unpaired) electrons. The lowest BCUT2D eigenvalue weighted by Crippen LogP contribution is -2.54. The van der Waals surface area contributed by atoms with Crippen LogP contribution in [-0.4, -0.2) is 24.0 Å². The van der Waals surface area contributed by atoms with Crippen LogP contribution in [0, 0.1) is 6.92 Å². The average Bonchev–Trinajstić information content (AvgIpc) is 2.60. The molecular weight excluding hydrogens is 407 g/mol. The molecule has 0 aromatic heterocycles. The number of aryl methyl sites for hydroxylation is 1. The van der Waals surface area contributed by atoms with E-state index in [-0.39, 0.29) is 20.7 Å². The summed E-state index contributed by atoms with van der Waals surface area (Å²) in [5, 5.41) is 3.10. The van der Waals surface area contributed by atoms with Gasteiger partial charge in [-0.25, -0.2) is 0 Å². The van der Waals surface area contributed by atoms with Gasteiger partial charge in [0.1, 0.15) is 5.57 Å². The van der Waals surface area contributed by atoms with Crippen LogP contribution in [0.4, 0.5) is 5.69 Å². The number of nitrogens with one attached hydrogen (secondary N) is 1. The van der Waals surface area contributed by atoms with Gasteiger partial charge in [-0.15, -0.1) is 0 Å². The molecule has 0 atom stereocenters. The molecule has 138 valence electrons. The summed E-state index contributed by atoms with van der Waals surface area (Å²) in [6.07, 6.45) is 1.41. The van der Waals surface area contributed by atoms with Gasteiger partial charge in [0.2, 0.25) is 0 Å². The third-order valence-corrected chi connectivity index (χ3v) is 4.78. The molecule has 1 N–H and O–H groups in total. The second kappa shape index (κ2) is 7.68. The van der Waals surface area contributed by atoms with Crippen LogP contribution >= 0.6 is 35.4 Å². The first-order valence-electron chi connectivity index (χ1n) is 7.83. The highest BCUT2D eigenvalue weighted by Crippen LogP contribution is 2.34. The molecule has 0 aliphatic carbocycles. The normalized spacial score (nSPS) is 15.9. The zero-order valence-electron chi connectivity index (χ0n) is 14.4. The third kappa shape index (κ3) is 3.83. The first-order chi connectivity index (χ1) is 12.8. The number of hydrogen-bond acceptors (Lipinski definition) is 4. The molecule has 2 aromatic carbocycles. The van der Waals surface area contributed by atoms with Crippen LogP contribution in [0.1, 0.15) is 11.1 Å². The fraction of sp³-hybridized carbons (Fsp3) is 0.105. The standard InChI is InChI=1S/C19H14Cl2N2O3S/c1-10-3-5-12(6-4-10)23-18(25)13(17(24)22-19(23)27)7-11-8-14(20)16(26-2)15(21)9-11/h3-9H,1-2H3,(H,22,24,27). The lowest BCUT2D eigenvalue weighted by Gasteiger charge is -2.29. The maximum Gasteiger partial charge on any atom is 0.270 e. The average molecular weight is 421 g/mol. The van der Waals surface area contributed by atoms with Crippen LogP contribution in [0.2, 0.25) is 10.0 Å². The van der Waals surface area contributed by atoms with Crippen LogP contribution < -0.4 is 15.0 Å². The van der Waals surface area contributed by atoms with Gasteiger partial charge in [-0.3, -0.25) is 19.8 Å². The number of methoxy groups -OCH3 is 1. The smallest absolute Gasteiger partial charge is 0.270 e. The second-order valence-electron chi connectivity index (χ2n) is 5.81. The molecule has 0 unspecified atom stereocenters. The molecule has 2 amide bonds. The Bertz CT molecular complexity index is 964. The molecule has 1 aliphatic rings. The number of carbonyl (C=O) groups excluding carboxylic acids is 2. The van der Waals surface area contributed by atoms with Gasteiger partial charge in [0.25, 0.3) is 11.8 Å². The molecule has 8 heteroatoms. The Kier molecular flexibility index (Phi) is 5.51. The Morgan fingerprint density at radius 1 is 1.11 bits per heavy atom. The van der Waals surface area contributed by atoms with Gasteiger partial charge in [0.05, 0.1) is 22.8 Å². The Morgan fingerprint density at radius 3 is 2.26 bits per heavy atom. The van der Waals surface area contributed by atoms with Crippen molar-refractivity contribution in [2.24, 2.45) is 0 Å². The highest BCUT2D eigenvalue weighted by atomic mass is 35.5. The number of rotatable bonds is 3. The summed E-state index contributed by atoms with van der Waals surface area (Å²) in [5.41, 5.74) is 2.01. The highest BCUT2D eigenvalue weighted by molar-refractivity contribution is 7.80. The van der Waals surface area contributed by atoms with Crippen molar-refractivity contribution in [2.45, 2.75) is 6.92 Å². The third-order valence-electron chi connectivity index (χ3n) is 3.93. The van der Waals surface area contributed by atoms with Gasteiger partial charge >= 0.3 is 0 Å². The molecule has 1 heterocycles. The molecule has 2 aromatic rings. The molecule has 1 aliphatic heterocycles. The van der Waals surface area contributed by atoms with Gasteiger partial charge in [0.15, 0.2) is 10.9 Å². The minimum Gasteiger partial charge on any atom is -0.494 e. The summed E-state index contributed by atoms with van der Waals surface area (Å²) in [6.45, 7) is 1.93. The van der Waals surface area contributed by atoms with Crippen molar-refractivity contribution in [1.29, 1.82) is 0 Å². The van der Waals surface area contributed by atoms with Crippen molar-refractivity contribution in [1.82, 2.24) is 5.32 Å². The van der Waals surface area contributed by atoms with Crippen molar-refractivity contribution in [3.8, 4) is 5.75 Å². The van der Waals surface area contributed by atoms with Gasteiger partial charge in [0, 0.05) is 0 Å². The molecule has 27 heavy (non-hydrogen) atoms. The van der Waals surface area contributed by atoms with E-state index in [9.17, 15) is 9.59 Å². The predicted molar refractivity (Wildman–Crippen MR) is 110 cm³/mol. The highest BCUT2D eigenvalue weighted by Gasteiger charge is 2.34. The van der Waals surface area contributed by atoms with Crippen LogP contribution in [0.15, 0.2) is 42.0 Å². The Labute approximate surface area is 171 Å². The largest absolute Gasteiger partial charge is 0.494 e. The minimum atomic E-state index is -0.587. The number of hydrogen-bond donors (Lipinski definition) is 1. The van der Waals surface area contributed by atoms with Gasteiger partial charge < -0.3 is 4.74 Å². The van der Waals surface area contributed by atoms with Crippen molar-refractivity contribution in [3.05, 3.63) is 63.1 Å². The molecular formula is C19H14Cl2N2O3S. The quantitative estimate of drug-likeness (QED) is 0.460. The van der Waals surface area contributed by atoms with Crippen molar-refractivity contribution >= 4 is 64.1 Å². The van der Waals surface area contributed by atoms with E-state index in [4.69, 9.17) is 40.2 Å². The minimum absolute atomic E-state index is 0.0248. The number of halogens is 2. The molecule has 0 bridgehead atoms. The number of nitrogens with zero attached hydrogens (tertiary/aromatic N) is 1. The van der Waals surface area contributed by atoms with Crippen LogP contribution in [0.25, 0.3) is 6.08 Å². The lowest BCUT2D eigenvalue weighted by molar-refractivity contribution is -0.122. The van der Waals surface area contributed by atoms with E-state index in [1.54, 1.807) is 24.3 Å². The number of carbonyl (C=O) groups is 2. The van der Waals surface area contributed by atoms with E-state index in [0.29, 0.717) is 17.0 Å². The Hall–Kier alpha value is -2.41. The molecule has 5 nitrogen and oxygen atoms in total. The summed E-state index contributed by atoms with van der Waals surface area (Å²) < 4.78 is 5.11. The second-order valence-corrected chi connectivity index (χ2v) is 7.01. The fourth-order valence-corrected chi connectivity index (χ4v) is 3.55. The molecule has 0 saturated carbocycles. The number of ether oxygens (including phenoxy) is 1. The lowest BCUT2D eigenvalue weighted by atomic mass is 10.1. The van der Waals surface area contributed by atoms with E-state index >= 15 is 0 Å². The summed E-state index contributed by atoms with van der Waals surface area (Å²) in [7, 11) is 1.45. The Balaban J connectivity index is 2.03. The van der Waals surface area contributed by atoms with Crippen LogP contribution in [0.3, 0.4) is 0 Å². The predicted octanol–water partition coefficient (Wildman–Crippen LogP) is 4.14. The SMILES string of the molecule is COc1c(Cl)cc(C=C2C(=O)NC(=S)N(c3ccc(C)cc3)C2=O)cc1Cl. The summed E-state index contributed by atoms with van der Waals surface area (Å²) in [5.74, 6) is -0.797. The maximum absolute atomic E-state index is 12.9. The van der Waals surface area contributed by atoms with E-state index in [1.807, 2.05) is 19.1 Å². The topological polar surface area (TPSA) is 58.6 Å². The number of amides is 2. The van der Waals surface area contributed by atoms with E-state index < -0.39 is 11.8 Å². The number of benzene rings is 2. The van der Waals surface area contributed by atoms with Gasteiger partial charge in [-0.05, 0) is 55.0 Å². The summed E-state index contributed by atoms with van der Waals surface area (Å²) >= 11 is 17.4. The fourth-order valence-electron chi connectivity index (χ4n) is 2.61. The van der Waals surface area contributed by atoms with E-state index in [1.165, 1.54) is 18.1 Å². The van der Waals surface area contributed by atoms with Crippen LogP contribution in [0.5, 0.6) is 5.75 Å².